The van der Waals surface area contributed by atoms with Crippen LogP contribution < -0.4 is 22.1 Å². The Labute approximate surface area is 207 Å². The lowest BCUT2D eigenvalue weighted by Gasteiger charge is -2.17. The highest BCUT2D eigenvalue weighted by Gasteiger charge is 2.04. The van der Waals surface area contributed by atoms with E-state index in [4.69, 9.17) is 33.9 Å². The summed E-state index contributed by atoms with van der Waals surface area (Å²) in [6.07, 6.45) is 8.74. The van der Waals surface area contributed by atoms with Gasteiger partial charge in [0.15, 0.2) is 0 Å². The van der Waals surface area contributed by atoms with Crippen molar-refractivity contribution in [3.63, 3.8) is 0 Å². The molecule has 0 saturated carbocycles. The van der Waals surface area contributed by atoms with E-state index in [2.05, 4.69) is 25.6 Å². The lowest BCUT2D eigenvalue weighted by molar-refractivity contribution is 0.0995. The number of pyridine rings is 1. The van der Waals surface area contributed by atoms with E-state index in [1.807, 2.05) is 32.9 Å². The molecule has 0 radical (unpaired) electrons. The quantitative estimate of drug-likeness (QED) is 0.181. The number of aromatic nitrogens is 3. The van der Waals surface area contributed by atoms with Gasteiger partial charge in [0.05, 0.1) is 19.4 Å². The van der Waals surface area contributed by atoms with E-state index in [0.717, 1.165) is 43.6 Å². The van der Waals surface area contributed by atoms with E-state index in [9.17, 15) is 4.79 Å². The van der Waals surface area contributed by atoms with Crippen LogP contribution in [0.15, 0.2) is 36.9 Å². The molecule has 0 spiro atoms. The van der Waals surface area contributed by atoms with Crippen molar-refractivity contribution in [2.45, 2.75) is 52.1 Å². The second-order valence-corrected chi connectivity index (χ2v) is 7.63. The topological polar surface area (TPSA) is 172 Å². The molecule has 0 aliphatic rings. The number of thiocarbonyl (C=S) groups is 1. The Bertz CT molecular complexity index is 790. The third kappa shape index (κ3) is 14.6. The number of rotatable bonds is 12. The number of primary amides is 1. The second-order valence-electron chi connectivity index (χ2n) is 7.19. The standard InChI is InChI=1S/C10H24N2O2.C8H10N2S.C5H5N3O/c1-3-9(7-13)11-5-6-12-10(4-2)8-14;1-2-7-5-6(8(9)11)3-4-10-7;6-5(9)4-3-7-1-2-8-4/h9-14H,3-8H2,1-2H3;3-5H,2H2,1H3,(H2,9,11);1-3H,(H2,6,9)/t9-,10-;;/m0../s1. The van der Waals surface area contributed by atoms with Crippen LogP contribution >= 0.6 is 12.2 Å². The highest BCUT2D eigenvalue weighted by Crippen LogP contribution is 2.01. The SMILES string of the molecule is CC[C@@H](CO)NCCN[C@@H](CC)CO.CCc1cc(C(N)=S)ccn1.NC(=O)c1cnccn1. The van der Waals surface area contributed by atoms with E-state index < -0.39 is 5.91 Å². The molecule has 8 N–H and O–H groups in total. The van der Waals surface area contributed by atoms with E-state index in [1.54, 1.807) is 6.20 Å². The average Bonchev–Trinajstić information content (AvgIpc) is 2.87. The van der Waals surface area contributed by atoms with Crippen molar-refractivity contribution >= 4 is 23.1 Å². The Morgan fingerprint density at radius 1 is 1.00 bits per heavy atom. The van der Waals surface area contributed by atoms with E-state index in [0.29, 0.717) is 4.99 Å². The number of aliphatic hydroxyl groups excluding tert-OH is 2. The molecular weight excluding hydrogens is 454 g/mol. The van der Waals surface area contributed by atoms with E-state index in [-0.39, 0.29) is 31.0 Å². The molecule has 0 aliphatic carbocycles. The number of hydrogen-bond acceptors (Lipinski definition) is 9. The molecule has 0 saturated heterocycles. The average molecular weight is 494 g/mol. The largest absolute Gasteiger partial charge is 0.395 e. The minimum atomic E-state index is -0.553. The number of carbonyl (C=O) groups is 1. The maximum atomic E-state index is 10.3. The fourth-order valence-corrected chi connectivity index (χ4v) is 2.61. The molecule has 2 heterocycles. The van der Waals surface area contributed by atoms with Crippen molar-refractivity contribution in [1.29, 1.82) is 0 Å². The minimum Gasteiger partial charge on any atom is -0.395 e. The van der Waals surface area contributed by atoms with Gasteiger partial charge in [-0.05, 0) is 31.4 Å². The van der Waals surface area contributed by atoms with Crippen LogP contribution in [0.4, 0.5) is 0 Å². The molecule has 0 fully saturated rings. The Morgan fingerprint density at radius 3 is 1.94 bits per heavy atom. The Kier molecular flexibility index (Phi) is 18.4. The lowest BCUT2D eigenvalue weighted by Crippen LogP contribution is -2.40. The van der Waals surface area contributed by atoms with Crippen LogP contribution in [-0.4, -0.2) is 74.4 Å². The van der Waals surface area contributed by atoms with Gasteiger partial charge in [-0.15, -0.1) is 0 Å². The molecule has 0 bridgehead atoms. The van der Waals surface area contributed by atoms with Crippen LogP contribution in [0, 0.1) is 0 Å². The predicted molar refractivity (Wildman–Crippen MR) is 138 cm³/mol. The zero-order chi connectivity index (χ0) is 25.8. The lowest BCUT2D eigenvalue weighted by atomic mass is 10.2. The highest BCUT2D eigenvalue weighted by atomic mass is 32.1. The first-order chi connectivity index (χ1) is 16.3. The molecule has 190 valence electrons. The van der Waals surface area contributed by atoms with Gasteiger partial charge in [-0.2, -0.15) is 0 Å². The van der Waals surface area contributed by atoms with Gasteiger partial charge in [0, 0.05) is 55.0 Å². The van der Waals surface area contributed by atoms with Crippen LogP contribution in [0.1, 0.15) is 55.4 Å². The third-order valence-corrected chi connectivity index (χ3v) is 4.93. The zero-order valence-electron chi connectivity index (χ0n) is 20.3. The van der Waals surface area contributed by atoms with Crippen molar-refractivity contribution in [2.75, 3.05) is 26.3 Å². The van der Waals surface area contributed by atoms with Gasteiger partial charge in [0.25, 0.3) is 5.91 Å². The monoisotopic (exact) mass is 493 g/mol. The van der Waals surface area contributed by atoms with Crippen LogP contribution in [0.3, 0.4) is 0 Å². The van der Waals surface area contributed by atoms with Gasteiger partial charge in [-0.1, -0.05) is 33.0 Å². The van der Waals surface area contributed by atoms with Crippen LogP contribution in [0.5, 0.6) is 0 Å². The third-order valence-electron chi connectivity index (χ3n) is 4.70. The number of nitrogens with two attached hydrogens (primary N) is 2. The van der Waals surface area contributed by atoms with Gasteiger partial charge < -0.3 is 32.3 Å². The van der Waals surface area contributed by atoms with Gasteiger partial charge >= 0.3 is 0 Å². The Balaban J connectivity index is 0.000000491. The molecule has 0 aliphatic heterocycles. The molecular formula is C23H39N7O3S. The molecule has 2 aromatic heterocycles. The maximum absolute atomic E-state index is 10.3. The number of nitrogens with zero attached hydrogens (tertiary/aromatic N) is 3. The van der Waals surface area contributed by atoms with Crippen LogP contribution in [0.2, 0.25) is 0 Å². The van der Waals surface area contributed by atoms with Crippen LogP contribution in [-0.2, 0) is 6.42 Å². The molecule has 11 heteroatoms. The van der Waals surface area contributed by atoms with Crippen LogP contribution in [0.25, 0.3) is 0 Å². The maximum Gasteiger partial charge on any atom is 0.268 e. The summed E-state index contributed by atoms with van der Waals surface area (Å²) in [4.78, 5) is 22.2. The summed E-state index contributed by atoms with van der Waals surface area (Å²) in [5.74, 6) is -0.553. The highest BCUT2D eigenvalue weighted by molar-refractivity contribution is 7.80. The fourth-order valence-electron chi connectivity index (χ4n) is 2.48. The Hall–Kier alpha value is -2.57. The predicted octanol–water partition coefficient (Wildman–Crippen LogP) is 0.561. The summed E-state index contributed by atoms with van der Waals surface area (Å²) < 4.78 is 0. The van der Waals surface area contributed by atoms with E-state index >= 15 is 0 Å². The minimum absolute atomic E-state index is 0.188. The van der Waals surface area contributed by atoms with Gasteiger partial charge in [-0.25, -0.2) is 4.98 Å². The first kappa shape index (κ1) is 31.4. The van der Waals surface area contributed by atoms with Crippen molar-refractivity contribution in [2.24, 2.45) is 11.5 Å². The van der Waals surface area contributed by atoms with E-state index in [1.165, 1.54) is 18.6 Å². The summed E-state index contributed by atoms with van der Waals surface area (Å²) in [6, 6.07) is 4.14. The molecule has 2 atom stereocenters. The zero-order valence-corrected chi connectivity index (χ0v) is 21.1. The van der Waals surface area contributed by atoms with Crippen molar-refractivity contribution in [1.82, 2.24) is 25.6 Å². The van der Waals surface area contributed by atoms with Gasteiger partial charge in [0.2, 0.25) is 0 Å². The second kappa shape index (κ2) is 19.9. The molecule has 34 heavy (non-hydrogen) atoms. The van der Waals surface area contributed by atoms with Gasteiger partial charge in [0.1, 0.15) is 10.7 Å². The summed E-state index contributed by atoms with van der Waals surface area (Å²) in [6.45, 7) is 8.17. The van der Waals surface area contributed by atoms with Gasteiger partial charge in [-0.3, -0.25) is 14.8 Å². The van der Waals surface area contributed by atoms with Crippen molar-refractivity contribution in [3.8, 4) is 0 Å². The number of nitrogens with one attached hydrogen (secondary N) is 2. The number of carbonyl (C=O) groups excluding carboxylic acids is 1. The van der Waals surface area contributed by atoms with Crippen molar-refractivity contribution in [3.05, 3.63) is 53.9 Å². The molecule has 2 aromatic rings. The normalized spacial score (nSPS) is 11.8. The Morgan fingerprint density at radius 2 is 1.59 bits per heavy atom. The number of amides is 1. The molecule has 10 nitrogen and oxygen atoms in total. The summed E-state index contributed by atoms with van der Waals surface area (Å²) in [5.41, 5.74) is 12.4. The first-order valence-electron chi connectivity index (χ1n) is 11.3. The first-order valence-corrected chi connectivity index (χ1v) is 11.7. The molecule has 2 rings (SSSR count). The number of hydrogen-bond donors (Lipinski definition) is 6. The number of aliphatic hydroxyl groups is 2. The number of aryl methyl sites for hydroxylation is 1. The summed E-state index contributed by atoms with van der Waals surface area (Å²) in [5, 5.41) is 24.3. The summed E-state index contributed by atoms with van der Waals surface area (Å²) in [7, 11) is 0. The fraction of sp³-hybridized carbons (Fsp3) is 0.522. The molecule has 0 aromatic carbocycles. The molecule has 1 amide bonds. The smallest absolute Gasteiger partial charge is 0.268 e. The van der Waals surface area contributed by atoms with Crippen molar-refractivity contribution < 1.29 is 15.0 Å². The molecule has 0 unspecified atom stereocenters. The summed E-state index contributed by atoms with van der Waals surface area (Å²) >= 11 is 4.82.